The molecule has 0 aromatic heterocycles. The fourth-order valence-electron chi connectivity index (χ4n) is 7.83. The lowest BCUT2D eigenvalue weighted by molar-refractivity contribution is -0.183. The number of carbonyl (C=O) groups excluding carboxylic acids is 1. The second-order valence-electron chi connectivity index (χ2n) is 9.59. The smallest absolute Gasteiger partial charge is 0.311 e. The van der Waals surface area contributed by atoms with Crippen molar-refractivity contribution in [3.63, 3.8) is 0 Å². The van der Waals surface area contributed by atoms with E-state index in [0.29, 0.717) is 16.7 Å². The van der Waals surface area contributed by atoms with Crippen molar-refractivity contribution in [1.29, 1.82) is 0 Å². The Balaban J connectivity index is 1.73. The molecule has 0 aromatic rings. The van der Waals surface area contributed by atoms with Gasteiger partial charge in [-0.05, 0) is 86.9 Å². The highest BCUT2D eigenvalue weighted by Crippen LogP contribution is 2.72. The van der Waals surface area contributed by atoms with Crippen LogP contribution in [0.1, 0.15) is 71.6 Å². The largest absolute Gasteiger partial charge is 0.469 e. The first-order valence-electron chi connectivity index (χ1n) is 9.62. The van der Waals surface area contributed by atoms with Gasteiger partial charge in [0.1, 0.15) is 0 Å². The molecule has 4 aliphatic carbocycles. The molecule has 4 fully saturated rings. The van der Waals surface area contributed by atoms with Gasteiger partial charge < -0.3 is 4.74 Å². The number of carbonyl (C=O) groups is 1. The second-order valence-corrected chi connectivity index (χ2v) is 9.59. The minimum absolute atomic E-state index is 0.0360. The summed E-state index contributed by atoms with van der Waals surface area (Å²) in [5.41, 5.74) is 2.09. The van der Waals surface area contributed by atoms with Gasteiger partial charge in [-0.25, -0.2) is 0 Å². The van der Waals surface area contributed by atoms with E-state index >= 15 is 0 Å². The van der Waals surface area contributed by atoms with Gasteiger partial charge in [0, 0.05) is 0 Å². The van der Waals surface area contributed by atoms with Crippen LogP contribution in [0.3, 0.4) is 0 Å². The predicted octanol–water partition coefficient (Wildman–Crippen LogP) is 5.13. The standard InChI is InChI=1S/C21H32O2/c1-14-12-21-11-8-16-19(2,17(21)7-6-15(14)13-21)9-5-10-20(16,3)18(22)23-4/h15-17H,1,5-13H2,2-4H3/t15-,16?,17?,19-,20?,21-/m1/s1. The quantitative estimate of drug-likeness (QED) is 0.495. The number of esters is 1. The first-order chi connectivity index (χ1) is 10.9. The van der Waals surface area contributed by atoms with Crippen molar-refractivity contribution in [3.8, 4) is 0 Å². The molecule has 0 radical (unpaired) electrons. The molecule has 2 nitrogen and oxygen atoms in total. The molecule has 128 valence electrons. The second kappa shape index (κ2) is 4.86. The Morgan fingerprint density at radius 1 is 1.13 bits per heavy atom. The van der Waals surface area contributed by atoms with Crippen molar-refractivity contribution >= 4 is 5.97 Å². The van der Waals surface area contributed by atoms with E-state index < -0.39 is 0 Å². The number of hydrogen-bond acceptors (Lipinski definition) is 2. The van der Waals surface area contributed by atoms with E-state index in [1.807, 2.05) is 0 Å². The first kappa shape index (κ1) is 15.7. The molecular weight excluding hydrogens is 284 g/mol. The topological polar surface area (TPSA) is 26.3 Å². The van der Waals surface area contributed by atoms with E-state index in [1.165, 1.54) is 56.9 Å². The lowest BCUT2D eigenvalue weighted by Crippen LogP contribution is -2.58. The minimum atomic E-state index is -0.268. The van der Waals surface area contributed by atoms with Crippen LogP contribution in [0.25, 0.3) is 0 Å². The number of ether oxygens (including phenoxy) is 1. The van der Waals surface area contributed by atoms with Crippen LogP contribution in [-0.4, -0.2) is 13.1 Å². The minimum Gasteiger partial charge on any atom is -0.469 e. The van der Waals surface area contributed by atoms with Gasteiger partial charge >= 0.3 is 5.97 Å². The molecule has 0 N–H and O–H groups in total. The van der Waals surface area contributed by atoms with E-state index in [1.54, 1.807) is 7.11 Å². The molecule has 6 atom stereocenters. The van der Waals surface area contributed by atoms with Gasteiger partial charge in [0.15, 0.2) is 0 Å². The third-order valence-corrected chi connectivity index (χ3v) is 8.71. The molecule has 4 aliphatic rings. The lowest BCUT2D eigenvalue weighted by atomic mass is 9.41. The van der Waals surface area contributed by atoms with Crippen LogP contribution in [0, 0.1) is 34.0 Å². The van der Waals surface area contributed by atoms with Gasteiger partial charge in [-0.3, -0.25) is 4.79 Å². The van der Waals surface area contributed by atoms with Crippen LogP contribution in [0.4, 0.5) is 0 Å². The summed E-state index contributed by atoms with van der Waals surface area (Å²) in [6.45, 7) is 9.12. The van der Waals surface area contributed by atoms with Crippen LogP contribution in [0.5, 0.6) is 0 Å². The Kier molecular flexibility index (Phi) is 3.32. The fourth-order valence-corrected chi connectivity index (χ4v) is 7.83. The number of allylic oxidation sites excluding steroid dienone is 1. The molecule has 0 aliphatic heterocycles. The Bertz CT molecular complexity index is 552. The highest BCUT2D eigenvalue weighted by atomic mass is 16.5. The van der Waals surface area contributed by atoms with Gasteiger partial charge in [-0.15, -0.1) is 0 Å². The maximum absolute atomic E-state index is 12.6. The maximum atomic E-state index is 12.6. The summed E-state index contributed by atoms with van der Waals surface area (Å²) in [6, 6.07) is 0. The lowest BCUT2D eigenvalue weighted by Gasteiger charge is -2.63. The Labute approximate surface area is 141 Å². The predicted molar refractivity (Wildman–Crippen MR) is 91.8 cm³/mol. The maximum Gasteiger partial charge on any atom is 0.311 e. The molecule has 2 heteroatoms. The average molecular weight is 316 g/mol. The van der Waals surface area contributed by atoms with Gasteiger partial charge in [0.2, 0.25) is 0 Å². The summed E-state index contributed by atoms with van der Waals surface area (Å²) in [5.74, 6) is 2.11. The third-order valence-electron chi connectivity index (χ3n) is 8.71. The summed E-state index contributed by atoms with van der Waals surface area (Å²) in [7, 11) is 1.57. The van der Waals surface area contributed by atoms with Gasteiger partial charge in [-0.1, -0.05) is 25.5 Å². The fraction of sp³-hybridized carbons (Fsp3) is 0.857. The summed E-state index contributed by atoms with van der Waals surface area (Å²) in [5, 5.41) is 0. The van der Waals surface area contributed by atoms with E-state index in [0.717, 1.165) is 18.3 Å². The van der Waals surface area contributed by atoms with Crippen LogP contribution < -0.4 is 0 Å². The zero-order chi connectivity index (χ0) is 16.5. The average Bonchev–Trinajstić information content (AvgIpc) is 2.75. The number of hydrogen-bond donors (Lipinski definition) is 0. The molecule has 4 saturated carbocycles. The van der Waals surface area contributed by atoms with E-state index in [-0.39, 0.29) is 11.4 Å². The third kappa shape index (κ3) is 1.90. The van der Waals surface area contributed by atoms with Crippen molar-refractivity contribution in [2.75, 3.05) is 7.11 Å². The summed E-state index contributed by atoms with van der Waals surface area (Å²) >= 11 is 0. The van der Waals surface area contributed by atoms with Gasteiger partial charge in [0.05, 0.1) is 12.5 Å². The summed E-state index contributed by atoms with van der Waals surface area (Å²) < 4.78 is 5.25. The Hall–Kier alpha value is -0.790. The molecule has 0 amide bonds. The molecule has 3 unspecified atom stereocenters. The first-order valence-corrected chi connectivity index (χ1v) is 9.62. The number of fused-ring (bicyclic) bond motifs is 3. The van der Waals surface area contributed by atoms with Crippen molar-refractivity contribution in [2.24, 2.45) is 34.0 Å². The van der Waals surface area contributed by atoms with E-state index in [4.69, 9.17) is 4.74 Å². The van der Waals surface area contributed by atoms with Crippen LogP contribution >= 0.6 is 0 Å². The van der Waals surface area contributed by atoms with Crippen molar-refractivity contribution in [1.82, 2.24) is 0 Å². The summed E-state index contributed by atoms with van der Waals surface area (Å²) in [4.78, 5) is 12.6. The normalized spacial score (nSPS) is 51.8. The van der Waals surface area contributed by atoms with Crippen LogP contribution in [0.2, 0.25) is 0 Å². The molecule has 2 bridgehead atoms. The molecule has 0 aromatic carbocycles. The van der Waals surface area contributed by atoms with Crippen molar-refractivity contribution in [3.05, 3.63) is 12.2 Å². The van der Waals surface area contributed by atoms with Crippen molar-refractivity contribution < 1.29 is 9.53 Å². The van der Waals surface area contributed by atoms with Gasteiger partial charge in [-0.2, -0.15) is 0 Å². The molecule has 0 saturated heterocycles. The summed E-state index contributed by atoms with van der Waals surface area (Å²) in [6.07, 6.45) is 11.3. The number of methoxy groups -OCH3 is 1. The molecule has 1 spiro atoms. The van der Waals surface area contributed by atoms with E-state index in [9.17, 15) is 4.79 Å². The molecular formula is C21H32O2. The molecule has 23 heavy (non-hydrogen) atoms. The monoisotopic (exact) mass is 316 g/mol. The van der Waals surface area contributed by atoms with Crippen LogP contribution in [-0.2, 0) is 9.53 Å². The molecule has 0 heterocycles. The zero-order valence-corrected chi connectivity index (χ0v) is 15.1. The van der Waals surface area contributed by atoms with Crippen LogP contribution in [0.15, 0.2) is 12.2 Å². The SMILES string of the molecule is C=C1C[C@@]23CCC4C(C)(C(=O)OC)CCC[C@@]4(C)C2CC[C@@H]1C3. The van der Waals surface area contributed by atoms with E-state index in [2.05, 4.69) is 20.4 Å². The zero-order valence-electron chi connectivity index (χ0n) is 15.1. The molecule has 4 rings (SSSR count). The highest BCUT2D eigenvalue weighted by molar-refractivity contribution is 5.77. The van der Waals surface area contributed by atoms with Gasteiger partial charge in [0.25, 0.3) is 0 Å². The number of rotatable bonds is 1. The Morgan fingerprint density at radius 2 is 1.91 bits per heavy atom. The Morgan fingerprint density at radius 3 is 2.65 bits per heavy atom. The highest BCUT2D eigenvalue weighted by Gasteiger charge is 2.65. The van der Waals surface area contributed by atoms with Crippen molar-refractivity contribution in [2.45, 2.75) is 71.6 Å².